The molecule has 1 amide bonds. The molecular formula is C16H26N2O. The van der Waals surface area contributed by atoms with Crippen molar-refractivity contribution in [1.29, 1.82) is 0 Å². The summed E-state index contributed by atoms with van der Waals surface area (Å²) < 4.78 is 0. The van der Waals surface area contributed by atoms with Gasteiger partial charge in [-0.2, -0.15) is 0 Å². The summed E-state index contributed by atoms with van der Waals surface area (Å²) in [5.74, 6) is 0.517. The molecule has 3 nitrogen and oxygen atoms in total. The lowest BCUT2D eigenvalue weighted by atomic mass is 9.87. The van der Waals surface area contributed by atoms with Gasteiger partial charge in [-0.1, -0.05) is 46.8 Å². The van der Waals surface area contributed by atoms with Crippen LogP contribution < -0.4 is 10.6 Å². The van der Waals surface area contributed by atoms with Crippen LogP contribution >= 0.6 is 0 Å². The van der Waals surface area contributed by atoms with Gasteiger partial charge in [-0.25, -0.2) is 0 Å². The van der Waals surface area contributed by atoms with E-state index in [1.165, 1.54) is 5.56 Å². The van der Waals surface area contributed by atoms with Crippen molar-refractivity contribution in [1.82, 2.24) is 5.32 Å². The molecule has 0 aliphatic heterocycles. The number of anilines is 1. The summed E-state index contributed by atoms with van der Waals surface area (Å²) in [4.78, 5) is 11.6. The van der Waals surface area contributed by atoms with Gasteiger partial charge in [0, 0.05) is 12.2 Å². The van der Waals surface area contributed by atoms with Gasteiger partial charge in [-0.05, 0) is 29.0 Å². The second kappa shape index (κ2) is 6.60. The number of rotatable bonds is 5. The standard InChI is InChI=1S/C16H26N2O/c1-12(2)10-18-15(19)11-17-14-8-6-13(7-9-14)16(3,4)5/h6-9,12,17H,10-11H2,1-5H3,(H,18,19). The van der Waals surface area contributed by atoms with Crippen LogP contribution in [0.25, 0.3) is 0 Å². The van der Waals surface area contributed by atoms with Crippen molar-refractivity contribution in [2.45, 2.75) is 40.0 Å². The molecule has 1 rings (SSSR count). The fourth-order valence-electron chi connectivity index (χ4n) is 1.65. The second-order valence-corrected chi connectivity index (χ2v) is 6.38. The van der Waals surface area contributed by atoms with Crippen LogP contribution in [0.15, 0.2) is 24.3 Å². The SMILES string of the molecule is CC(C)CNC(=O)CNc1ccc(C(C)(C)C)cc1. The van der Waals surface area contributed by atoms with Gasteiger partial charge in [0.05, 0.1) is 6.54 Å². The van der Waals surface area contributed by atoms with Crippen molar-refractivity contribution in [2.24, 2.45) is 5.92 Å². The summed E-state index contributed by atoms with van der Waals surface area (Å²) >= 11 is 0. The molecule has 0 aliphatic carbocycles. The van der Waals surface area contributed by atoms with Gasteiger partial charge in [-0.3, -0.25) is 4.79 Å². The van der Waals surface area contributed by atoms with Crippen molar-refractivity contribution < 1.29 is 4.79 Å². The lowest BCUT2D eigenvalue weighted by Crippen LogP contribution is -2.32. The quantitative estimate of drug-likeness (QED) is 0.855. The van der Waals surface area contributed by atoms with E-state index in [2.05, 4.69) is 57.4 Å². The largest absolute Gasteiger partial charge is 0.376 e. The molecule has 0 spiro atoms. The highest BCUT2D eigenvalue weighted by atomic mass is 16.1. The Morgan fingerprint density at radius 1 is 1.16 bits per heavy atom. The molecule has 19 heavy (non-hydrogen) atoms. The summed E-state index contributed by atoms with van der Waals surface area (Å²) in [5, 5.41) is 6.02. The first-order chi connectivity index (χ1) is 8.79. The third-order valence-electron chi connectivity index (χ3n) is 2.91. The van der Waals surface area contributed by atoms with Crippen molar-refractivity contribution in [3.63, 3.8) is 0 Å². The number of carbonyl (C=O) groups is 1. The van der Waals surface area contributed by atoms with Crippen molar-refractivity contribution in [3.05, 3.63) is 29.8 Å². The number of nitrogens with one attached hydrogen (secondary N) is 2. The summed E-state index contributed by atoms with van der Waals surface area (Å²) in [6, 6.07) is 8.26. The van der Waals surface area contributed by atoms with E-state index in [4.69, 9.17) is 0 Å². The minimum Gasteiger partial charge on any atom is -0.376 e. The van der Waals surface area contributed by atoms with Crippen LogP contribution in [0.4, 0.5) is 5.69 Å². The van der Waals surface area contributed by atoms with Crippen LogP contribution in [0.3, 0.4) is 0 Å². The minimum absolute atomic E-state index is 0.0357. The second-order valence-electron chi connectivity index (χ2n) is 6.38. The maximum Gasteiger partial charge on any atom is 0.239 e. The highest BCUT2D eigenvalue weighted by Crippen LogP contribution is 2.23. The van der Waals surface area contributed by atoms with Gasteiger partial charge in [0.25, 0.3) is 0 Å². The van der Waals surface area contributed by atoms with Crippen LogP contribution in [-0.2, 0) is 10.2 Å². The average molecular weight is 262 g/mol. The Morgan fingerprint density at radius 3 is 2.21 bits per heavy atom. The van der Waals surface area contributed by atoms with Gasteiger partial charge >= 0.3 is 0 Å². The van der Waals surface area contributed by atoms with Crippen molar-refractivity contribution in [3.8, 4) is 0 Å². The predicted molar refractivity (Wildman–Crippen MR) is 81.5 cm³/mol. The van der Waals surface area contributed by atoms with Gasteiger partial charge in [0.1, 0.15) is 0 Å². The molecule has 2 N–H and O–H groups in total. The Labute approximate surface area is 116 Å². The molecule has 1 aromatic rings. The fourth-order valence-corrected chi connectivity index (χ4v) is 1.65. The molecule has 0 fully saturated rings. The fraction of sp³-hybridized carbons (Fsp3) is 0.562. The molecule has 3 heteroatoms. The van der Waals surface area contributed by atoms with E-state index in [0.717, 1.165) is 12.2 Å². The van der Waals surface area contributed by atoms with Gasteiger partial charge in [-0.15, -0.1) is 0 Å². The van der Waals surface area contributed by atoms with Crippen molar-refractivity contribution in [2.75, 3.05) is 18.4 Å². The number of amides is 1. The Hall–Kier alpha value is -1.51. The van der Waals surface area contributed by atoms with Crippen molar-refractivity contribution >= 4 is 11.6 Å². The monoisotopic (exact) mass is 262 g/mol. The molecule has 0 aromatic heterocycles. The van der Waals surface area contributed by atoms with E-state index >= 15 is 0 Å². The highest BCUT2D eigenvalue weighted by molar-refractivity contribution is 5.80. The van der Waals surface area contributed by atoms with Gasteiger partial charge in [0.2, 0.25) is 5.91 Å². The van der Waals surface area contributed by atoms with Crippen LogP contribution in [-0.4, -0.2) is 19.0 Å². The first-order valence-electron chi connectivity index (χ1n) is 6.90. The Kier molecular flexibility index (Phi) is 5.40. The number of carbonyl (C=O) groups excluding carboxylic acids is 1. The minimum atomic E-state index is 0.0357. The number of hydrogen-bond acceptors (Lipinski definition) is 2. The maximum atomic E-state index is 11.6. The van der Waals surface area contributed by atoms with E-state index in [1.54, 1.807) is 0 Å². The Morgan fingerprint density at radius 2 is 1.74 bits per heavy atom. The van der Waals surface area contributed by atoms with Gasteiger partial charge < -0.3 is 10.6 Å². The lowest BCUT2D eigenvalue weighted by Gasteiger charge is -2.19. The molecule has 106 valence electrons. The van der Waals surface area contributed by atoms with E-state index in [-0.39, 0.29) is 11.3 Å². The summed E-state index contributed by atoms with van der Waals surface area (Å²) in [5.41, 5.74) is 2.43. The molecule has 0 saturated carbocycles. The summed E-state index contributed by atoms with van der Waals surface area (Å²) in [6.45, 7) is 11.8. The molecule has 0 atom stereocenters. The van der Waals surface area contributed by atoms with Gasteiger partial charge in [0.15, 0.2) is 0 Å². The molecule has 0 saturated heterocycles. The molecule has 0 heterocycles. The van der Waals surface area contributed by atoms with E-state index in [9.17, 15) is 4.79 Å². The summed E-state index contributed by atoms with van der Waals surface area (Å²) in [7, 11) is 0. The zero-order valence-electron chi connectivity index (χ0n) is 12.7. The Bertz CT molecular complexity index is 402. The smallest absolute Gasteiger partial charge is 0.239 e. The first kappa shape index (κ1) is 15.5. The Balaban J connectivity index is 2.44. The molecule has 1 aromatic carbocycles. The highest BCUT2D eigenvalue weighted by Gasteiger charge is 2.12. The molecular weight excluding hydrogens is 236 g/mol. The lowest BCUT2D eigenvalue weighted by molar-refractivity contribution is -0.119. The first-order valence-corrected chi connectivity index (χ1v) is 6.90. The third kappa shape index (κ3) is 5.77. The predicted octanol–water partition coefficient (Wildman–Crippen LogP) is 3.17. The summed E-state index contributed by atoms with van der Waals surface area (Å²) in [6.07, 6.45) is 0. The normalized spacial score (nSPS) is 11.5. The van der Waals surface area contributed by atoms with E-state index < -0.39 is 0 Å². The van der Waals surface area contributed by atoms with E-state index in [1.807, 2.05) is 12.1 Å². The van der Waals surface area contributed by atoms with Crippen LogP contribution in [0.2, 0.25) is 0 Å². The van der Waals surface area contributed by atoms with Crippen LogP contribution in [0.5, 0.6) is 0 Å². The maximum absolute atomic E-state index is 11.6. The van der Waals surface area contributed by atoms with Crippen LogP contribution in [0.1, 0.15) is 40.2 Å². The zero-order valence-corrected chi connectivity index (χ0v) is 12.7. The average Bonchev–Trinajstić information content (AvgIpc) is 2.33. The molecule has 0 unspecified atom stereocenters. The molecule has 0 aliphatic rings. The molecule has 0 bridgehead atoms. The topological polar surface area (TPSA) is 41.1 Å². The van der Waals surface area contributed by atoms with Crippen LogP contribution in [0, 0.1) is 5.92 Å². The zero-order chi connectivity index (χ0) is 14.5. The third-order valence-corrected chi connectivity index (χ3v) is 2.91. The molecule has 0 radical (unpaired) electrons. The number of benzene rings is 1. The number of hydrogen-bond donors (Lipinski definition) is 2. The van der Waals surface area contributed by atoms with E-state index in [0.29, 0.717) is 12.5 Å².